The topological polar surface area (TPSA) is 170 Å². The lowest BCUT2D eigenvalue weighted by Crippen LogP contribution is -2.42. The molecule has 3 atom stereocenters. The number of aromatic nitrogens is 4. The van der Waals surface area contributed by atoms with Crippen molar-refractivity contribution in [3.05, 3.63) is 37.4 Å². The lowest BCUT2D eigenvalue weighted by molar-refractivity contribution is -0.722. The van der Waals surface area contributed by atoms with Crippen molar-refractivity contribution >= 4 is 11.9 Å². The molecule has 0 saturated heterocycles. The maximum absolute atomic E-state index is 9.99. The molecule has 0 aromatic carbocycles. The quantitative estimate of drug-likeness (QED) is 0.357. The molecule has 11 heteroatoms. The van der Waals surface area contributed by atoms with Crippen LogP contribution in [0.25, 0.3) is 0 Å². The largest absolute Gasteiger partial charge is 0.481 e. The number of hydrogen-bond donors (Lipinski definition) is 5. The molecule has 2 unspecified atom stereocenters. The van der Waals surface area contributed by atoms with Gasteiger partial charge >= 0.3 is 11.9 Å². The van der Waals surface area contributed by atoms with Crippen LogP contribution in [0.3, 0.4) is 0 Å². The third-order valence-electron chi connectivity index (χ3n) is 4.17. The summed E-state index contributed by atoms with van der Waals surface area (Å²) in [5.74, 6) is -2.20. The average Bonchev–Trinajstić information content (AvgIpc) is 3.34. The summed E-state index contributed by atoms with van der Waals surface area (Å²) >= 11 is 0. The fourth-order valence-corrected chi connectivity index (χ4v) is 2.16. The summed E-state index contributed by atoms with van der Waals surface area (Å²) in [6.07, 6.45) is 13.8. The minimum Gasteiger partial charge on any atom is -0.481 e. The van der Waals surface area contributed by atoms with Crippen molar-refractivity contribution in [1.82, 2.24) is 9.13 Å². The van der Waals surface area contributed by atoms with Gasteiger partial charge < -0.3 is 15.9 Å². The highest BCUT2D eigenvalue weighted by molar-refractivity contribution is 5.74. The van der Waals surface area contributed by atoms with Gasteiger partial charge in [-0.1, -0.05) is 13.8 Å². The van der Waals surface area contributed by atoms with Crippen LogP contribution >= 0.6 is 0 Å². The molecule has 0 aliphatic rings. The van der Waals surface area contributed by atoms with Crippen molar-refractivity contribution in [3.63, 3.8) is 0 Å². The van der Waals surface area contributed by atoms with Crippen LogP contribution in [0.15, 0.2) is 37.4 Å². The van der Waals surface area contributed by atoms with Gasteiger partial charge in [0.05, 0.1) is 14.1 Å². The molecule has 0 spiro atoms. The molecule has 8 N–H and O–H groups in total. The van der Waals surface area contributed by atoms with Crippen LogP contribution in [-0.2, 0) is 23.7 Å². The Labute approximate surface area is 177 Å². The molecule has 0 aliphatic carbocycles. The molecule has 30 heavy (non-hydrogen) atoms. The molecule has 2 rings (SSSR count). The van der Waals surface area contributed by atoms with E-state index in [0.29, 0.717) is 0 Å². The maximum Gasteiger partial charge on any atom is 0.320 e. The van der Waals surface area contributed by atoms with E-state index in [4.69, 9.17) is 27.4 Å². The van der Waals surface area contributed by atoms with Gasteiger partial charge in [0.15, 0.2) is 0 Å². The molecule has 0 amide bonds. The van der Waals surface area contributed by atoms with Gasteiger partial charge in [-0.3, -0.25) is 21.1 Å². The van der Waals surface area contributed by atoms with Gasteiger partial charge in [0.25, 0.3) is 0 Å². The van der Waals surface area contributed by atoms with E-state index in [1.807, 2.05) is 69.8 Å². The summed E-state index contributed by atoms with van der Waals surface area (Å²) in [6.45, 7) is 4.15. The van der Waals surface area contributed by atoms with Gasteiger partial charge in [-0.05, 0) is 19.3 Å². The molecular weight excluding hydrogens is 390 g/mol. The number of nitrogens with zero attached hydrogens (tertiary/aromatic N) is 4. The van der Waals surface area contributed by atoms with E-state index < -0.39 is 18.0 Å². The van der Waals surface area contributed by atoms with Crippen LogP contribution in [0.2, 0.25) is 0 Å². The summed E-state index contributed by atoms with van der Waals surface area (Å²) in [6, 6.07) is -1.06. The number of imidazole rings is 2. The van der Waals surface area contributed by atoms with Crippen LogP contribution in [0.4, 0.5) is 0 Å². The highest BCUT2D eigenvalue weighted by Gasteiger charge is 2.12. The normalized spacial score (nSPS) is 13.2. The molecule has 2 aromatic heterocycles. The first-order valence-electron chi connectivity index (χ1n) is 9.78. The first-order chi connectivity index (χ1) is 14.0. The monoisotopic (exact) mass is 427 g/mol. The third-order valence-corrected chi connectivity index (χ3v) is 4.17. The van der Waals surface area contributed by atoms with Crippen LogP contribution in [0.5, 0.6) is 0 Å². The minimum absolute atomic E-state index is 0.0231. The second-order valence-corrected chi connectivity index (χ2v) is 6.88. The molecule has 0 fully saturated rings. The predicted molar refractivity (Wildman–Crippen MR) is 111 cm³/mol. The number of rotatable bonds is 8. The number of hydrogen-bond acceptors (Lipinski definition) is 5. The van der Waals surface area contributed by atoms with Crippen molar-refractivity contribution in [1.29, 1.82) is 0 Å². The van der Waals surface area contributed by atoms with Crippen LogP contribution in [0.1, 0.15) is 51.9 Å². The molecule has 11 nitrogen and oxygen atoms in total. The second kappa shape index (κ2) is 14.3. The van der Waals surface area contributed by atoms with Crippen molar-refractivity contribution in [2.24, 2.45) is 31.3 Å². The fraction of sp³-hybridized carbons (Fsp3) is 0.579. The van der Waals surface area contributed by atoms with E-state index in [-0.39, 0.29) is 25.2 Å². The summed E-state index contributed by atoms with van der Waals surface area (Å²) in [7, 11) is 3.97. The van der Waals surface area contributed by atoms with Crippen LogP contribution in [0, 0.1) is 0 Å². The van der Waals surface area contributed by atoms with Crippen LogP contribution < -0.4 is 26.3 Å². The number of aliphatic carboxylic acids is 2. The van der Waals surface area contributed by atoms with Gasteiger partial charge in [0.1, 0.15) is 43.2 Å². The van der Waals surface area contributed by atoms with Crippen molar-refractivity contribution < 1.29 is 28.9 Å². The molecule has 0 saturated carbocycles. The van der Waals surface area contributed by atoms with Gasteiger partial charge in [-0.2, -0.15) is 0 Å². The summed E-state index contributed by atoms with van der Waals surface area (Å²) in [5, 5.41) is 16.3. The predicted octanol–water partition coefficient (Wildman–Crippen LogP) is -0.377. The van der Waals surface area contributed by atoms with Crippen molar-refractivity contribution in [3.8, 4) is 0 Å². The van der Waals surface area contributed by atoms with E-state index in [2.05, 4.69) is 13.8 Å². The van der Waals surface area contributed by atoms with Crippen LogP contribution in [-0.4, -0.2) is 37.3 Å². The minimum atomic E-state index is -1.17. The molecule has 0 aliphatic heterocycles. The van der Waals surface area contributed by atoms with E-state index in [1.165, 1.54) is 0 Å². The smallest absolute Gasteiger partial charge is 0.320 e. The Morgan fingerprint density at radius 2 is 1.30 bits per heavy atom. The molecule has 2 aromatic rings. The average molecular weight is 428 g/mol. The number of carboxylic acid groups (broad SMARTS) is 2. The summed E-state index contributed by atoms with van der Waals surface area (Å²) in [4.78, 5) is 19.9. The number of carboxylic acids is 2. The Morgan fingerprint density at radius 1 is 0.900 bits per heavy atom. The Bertz CT molecular complexity index is 713. The Morgan fingerprint density at radius 3 is 1.53 bits per heavy atom. The fourth-order valence-electron chi connectivity index (χ4n) is 2.16. The highest BCUT2D eigenvalue weighted by Crippen LogP contribution is 1.93. The van der Waals surface area contributed by atoms with Gasteiger partial charge in [0, 0.05) is 6.42 Å². The Hall–Kier alpha value is -2.76. The van der Waals surface area contributed by atoms with E-state index >= 15 is 0 Å². The summed E-state index contributed by atoms with van der Waals surface area (Å²) < 4.78 is 7.96. The Balaban J connectivity index is 0.000000420. The lowest BCUT2D eigenvalue weighted by Gasteiger charge is -2.01. The molecule has 2 heterocycles. The molecule has 170 valence electrons. The van der Waals surface area contributed by atoms with Crippen molar-refractivity contribution in [2.45, 2.75) is 57.9 Å². The molecule has 0 bridgehead atoms. The standard InChI is InChI=1S/2C7H14N3.C5H9NO4/c2*1-3-7(8)10-5-4-9(2)6-10;6-3(5(9)10)1-2-4(7)8/h2*4-7H,3,8H2,1-2H3;3H,1-2,6H2,(H,7,8)(H,9,10)/q2*+1;/t;;3-/m..0/s1. The van der Waals surface area contributed by atoms with E-state index in [1.54, 1.807) is 0 Å². The second-order valence-electron chi connectivity index (χ2n) is 6.88. The maximum atomic E-state index is 9.99. The van der Waals surface area contributed by atoms with Crippen molar-refractivity contribution in [2.75, 3.05) is 0 Å². The molecular formula is C19H37N7O4+2. The van der Waals surface area contributed by atoms with E-state index in [0.717, 1.165) is 12.8 Å². The lowest BCUT2D eigenvalue weighted by atomic mass is 10.2. The summed E-state index contributed by atoms with van der Waals surface area (Å²) in [5.41, 5.74) is 16.5. The zero-order valence-electron chi connectivity index (χ0n) is 18.3. The third kappa shape index (κ3) is 11.3. The van der Waals surface area contributed by atoms with Gasteiger partial charge in [0.2, 0.25) is 12.7 Å². The number of nitrogens with two attached hydrogens (primary N) is 3. The van der Waals surface area contributed by atoms with Gasteiger partial charge in [-0.15, -0.1) is 0 Å². The van der Waals surface area contributed by atoms with Gasteiger partial charge in [-0.25, -0.2) is 18.3 Å². The zero-order chi connectivity index (χ0) is 23.3. The first kappa shape index (κ1) is 27.2. The Kier molecular flexibility index (Phi) is 12.9. The number of aryl methyl sites for hydroxylation is 2. The first-order valence-corrected chi connectivity index (χ1v) is 9.78. The highest BCUT2D eigenvalue weighted by atomic mass is 16.4. The SMILES string of the molecule is CCC(N)[n+]1ccn(C)c1.CCC(N)[n+]1ccn(C)c1.N[C@@H](CCC(=O)O)C(=O)O. The van der Waals surface area contributed by atoms with E-state index in [9.17, 15) is 9.59 Å². The number of carbonyl (C=O) groups is 2. The molecule has 0 radical (unpaired) electrons. The zero-order valence-corrected chi connectivity index (χ0v) is 18.3.